The summed E-state index contributed by atoms with van der Waals surface area (Å²) >= 11 is 0. The molecule has 1 N–H and O–H groups in total. The van der Waals surface area contributed by atoms with Gasteiger partial charge in [-0.15, -0.1) is 0 Å². The van der Waals surface area contributed by atoms with Gasteiger partial charge in [0.25, 0.3) is 0 Å². The SMILES string of the molecule is c1ccc(Oc2ccc(CNC3CCCC3)cc2)cc1. The molecule has 2 heteroatoms. The van der Waals surface area contributed by atoms with Crippen LogP contribution in [0.25, 0.3) is 0 Å². The molecule has 3 rings (SSSR count). The Morgan fingerprint density at radius 3 is 2.20 bits per heavy atom. The van der Waals surface area contributed by atoms with Gasteiger partial charge in [-0.25, -0.2) is 0 Å². The highest BCUT2D eigenvalue weighted by Gasteiger charge is 2.13. The third-order valence-corrected chi connectivity index (χ3v) is 3.85. The molecule has 20 heavy (non-hydrogen) atoms. The molecule has 0 aliphatic heterocycles. The molecule has 0 bridgehead atoms. The largest absolute Gasteiger partial charge is 0.457 e. The number of hydrogen-bond donors (Lipinski definition) is 1. The van der Waals surface area contributed by atoms with E-state index in [4.69, 9.17) is 4.74 Å². The van der Waals surface area contributed by atoms with Gasteiger partial charge >= 0.3 is 0 Å². The minimum atomic E-state index is 0.718. The Morgan fingerprint density at radius 2 is 1.50 bits per heavy atom. The first-order valence-corrected chi connectivity index (χ1v) is 7.45. The minimum absolute atomic E-state index is 0.718. The molecule has 0 atom stereocenters. The number of hydrogen-bond acceptors (Lipinski definition) is 2. The van der Waals surface area contributed by atoms with Crippen molar-refractivity contribution < 1.29 is 4.74 Å². The van der Waals surface area contributed by atoms with E-state index in [1.807, 2.05) is 42.5 Å². The maximum atomic E-state index is 5.79. The van der Waals surface area contributed by atoms with Gasteiger partial charge in [-0.1, -0.05) is 43.2 Å². The maximum absolute atomic E-state index is 5.79. The fourth-order valence-electron chi connectivity index (χ4n) is 2.69. The van der Waals surface area contributed by atoms with Crippen LogP contribution in [0.4, 0.5) is 0 Å². The number of nitrogens with one attached hydrogen (secondary N) is 1. The highest BCUT2D eigenvalue weighted by Crippen LogP contribution is 2.22. The Balaban J connectivity index is 1.54. The van der Waals surface area contributed by atoms with Crippen molar-refractivity contribution in [2.45, 2.75) is 38.3 Å². The molecule has 1 aliphatic carbocycles. The van der Waals surface area contributed by atoms with Gasteiger partial charge in [0.1, 0.15) is 11.5 Å². The first-order valence-electron chi connectivity index (χ1n) is 7.45. The zero-order chi connectivity index (χ0) is 13.6. The van der Waals surface area contributed by atoms with Crippen molar-refractivity contribution >= 4 is 0 Å². The quantitative estimate of drug-likeness (QED) is 0.860. The Bertz CT molecular complexity index is 515. The van der Waals surface area contributed by atoms with E-state index in [9.17, 15) is 0 Å². The summed E-state index contributed by atoms with van der Waals surface area (Å²) in [5, 5.41) is 3.63. The molecule has 2 aromatic rings. The van der Waals surface area contributed by atoms with Crippen LogP contribution in [0.2, 0.25) is 0 Å². The molecule has 1 saturated carbocycles. The van der Waals surface area contributed by atoms with Gasteiger partial charge in [-0.05, 0) is 42.7 Å². The van der Waals surface area contributed by atoms with Crippen LogP contribution in [0, 0.1) is 0 Å². The lowest BCUT2D eigenvalue weighted by molar-refractivity contribution is 0.482. The Hall–Kier alpha value is -1.80. The molecule has 2 aromatic carbocycles. The normalized spacial score (nSPS) is 15.4. The summed E-state index contributed by atoms with van der Waals surface area (Å²) in [6.07, 6.45) is 5.41. The van der Waals surface area contributed by atoms with Crippen molar-refractivity contribution in [3.63, 3.8) is 0 Å². The third-order valence-electron chi connectivity index (χ3n) is 3.85. The fourth-order valence-corrected chi connectivity index (χ4v) is 2.69. The van der Waals surface area contributed by atoms with Crippen LogP contribution < -0.4 is 10.1 Å². The molecule has 1 fully saturated rings. The molecule has 0 radical (unpaired) electrons. The summed E-state index contributed by atoms with van der Waals surface area (Å²) in [7, 11) is 0. The van der Waals surface area contributed by atoms with Gasteiger partial charge in [-0.3, -0.25) is 0 Å². The molecule has 2 nitrogen and oxygen atoms in total. The highest BCUT2D eigenvalue weighted by atomic mass is 16.5. The molecule has 104 valence electrons. The van der Waals surface area contributed by atoms with E-state index in [0.717, 1.165) is 24.1 Å². The van der Waals surface area contributed by atoms with E-state index in [0.29, 0.717) is 0 Å². The van der Waals surface area contributed by atoms with E-state index in [1.54, 1.807) is 0 Å². The molecular formula is C18H21NO. The van der Waals surface area contributed by atoms with Gasteiger partial charge in [-0.2, -0.15) is 0 Å². The Labute approximate surface area is 120 Å². The molecule has 0 aromatic heterocycles. The summed E-state index contributed by atoms with van der Waals surface area (Å²) < 4.78 is 5.79. The topological polar surface area (TPSA) is 21.3 Å². The first-order chi connectivity index (χ1) is 9.90. The van der Waals surface area contributed by atoms with E-state index in [1.165, 1.54) is 31.2 Å². The summed E-state index contributed by atoms with van der Waals surface area (Å²) in [4.78, 5) is 0. The van der Waals surface area contributed by atoms with Gasteiger partial charge < -0.3 is 10.1 Å². The number of rotatable bonds is 5. The molecule has 0 saturated heterocycles. The lowest BCUT2D eigenvalue weighted by Gasteiger charge is -2.12. The lowest BCUT2D eigenvalue weighted by atomic mass is 10.2. The van der Waals surface area contributed by atoms with Gasteiger partial charge in [0.15, 0.2) is 0 Å². The Kier molecular flexibility index (Phi) is 4.34. The summed E-state index contributed by atoms with van der Waals surface area (Å²) in [5.41, 5.74) is 1.32. The van der Waals surface area contributed by atoms with E-state index >= 15 is 0 Å². The zero-order valence-corrected chi connectivity index (χ0v) is 11.7. The molecule has 0 amide bonds. The fraction of sp³-hybridized carbons (Fsp3) is 0.333. The summed E-state index contributed by atoms with van der Waals surface area (Å²) in [6.45, 7) is 0.955. The molecule has 0 spiro atoms. The van der Waals surface area contributed by atoms with Crippen molar-refractivity contribution in [1.29, 1.82) is 0 Å². The van der Waals surface area contributed by atoms with Crippen molar-refractivity contribution in [2.75, 3.05) is 0 Å². The maximum Gasteiger partial charge on any atom is 0.127 e. The lowest BCUT2D eigenvalue weighted by Crippen LogP contribution is -2.25. The number of benzene rings is 2. The molecular weight excluding hydrogens is 246 g/mol. The van der Waals surface area contributed by atoms with Crippen LogP contribution in [0.5, 0.6) is 11.5 Å². The van der Waals surface area contributed by atoms with Crippen LogP contribution in [0.1, 0.15) is 31.2 Å². The average molecular weight is 267 g/mol. The minimum Gasteiger partial charge on any atom is -0.457 e. The van der Waals surface area contributed by atoms with Crippen LogP contribution in [-0.2, 0) is 6.54 Å². The van der Waals surface area contributed by atoms with Crippen LogP contribution in [0.15, 0.2) is 54.6 Å². The second-order valence-corrected chi connectivity index (χ2v) is 5.42. The van der Waals surface area contributed by atoms with Gasteiger partial charge in [0.2, 0.25) is 0 Å². The summed E-state index contributed by atoms with van der Waals surface area (Å²) in [5.74, 6) is 1.77. The molecule has 1 aliphatic rings. The third kappa shape index (κ3) is 3.61. The first kappa shape index (κ1) is 13.2. The predicted molar refractivity (Wildman–Crippen MR) is 82.1 cm³/mol. The van der Waals surface area contributed by atoms with Crippen molar-refractivity contribution in [1.82, 2.24) is 5.32 Å². The standard InChI is InChI=1S/C18H21NO/c1-2-8-17(9-3-1)20-18-12-10-15(11-13-18)14-19-16-6-4-5-7-16/h1-3,8-13,16,19H,4-7,14H2. The molecule has 0 unspecified atom stereocenters. The highest BCUT2D eigenvalue weighted by molar-refractivity contribution is 5.32. The van der Waals surface area contributed by atoms with E-state index in [2.05, 4.69) is 17.4 Å². The van der Waals surface area contributed by atoms with E-state index in [-0.39, 0.29) is 0 Å². The van der Waals surface area contributed by atoms with E-state index < -0.39 is 0 Å². The van der Waals surface area contributed by atoms with Crippen molar-refractivity contribution in [2.24, 2.45) is 0 Å². The Morgan fingerprint density at radius 1 is 0.850 bits per heavy atom. The van der Waals surface area contributed by atoms with Crippen LogP contribution >= 0.6 is 0 Å². The second-order valence-electron chi connectivity index (χ2n) is 5.42. The zero-order valence-electron chi connectivity index (χ0n) is 11.7. The van der Waals surface area contributed by atoms with Crippen LogP contribution in [-0.4, -0.2) is 6.04 Å². The van der Waals surface area contributed by atoms with Crippen LogP contribution in [0.3, 0.4) is 0 Å². The monoisotopic (exact) mass is 267 g/mol. The smallest absolute Gasteiger partial charge is 0.127 e. The number of para-hydroxylation sites is 1. The average Bonchev–Trinajstić information content (AvgIpc) is 3.01. The number of ether oxygens (including phenoxy) is 1. The summed E-state index contributed by atoms with van der Waals surface area (Å²) in [6, 6.07) is 19.0. The van der Waals surface area contributed by atoms with Gasteiger partial charge in [0.05, 0.1) is 0 Å². The van der Waals surface area contributed by atoms with Crippen molar-refractivity contribution in [3.8, 4) is 11.5 Å². The van der Waals surface area contributed by atoms with Gasteiger partial charge in [0, 0.05) is 12.6 Å². The predicted octanol–water partition coefficient (Wildman–Crippen LogP) is 4.51. The molecule has 0 heterocycles. The second kappa shape index (κ2) is 6.58. The van der Waals surface area contributed by atoms with Crippen molar-refractivity contribution in [3.05, 3.63) is 60.2 Å².